The van der Waals surface area contributed by atoms with Crippen molar-refractivity contribution in [3.8, 4) is 0 Å². The van der Waals surface area contributed by atoms with E-state index in [2.05, 4.69) is 30.2 Å². The van der Waals surface area contributed by atoms with E-state index in [1.165, 1.54) is 17.3 Å². The number of nitrogens with one attached hydrogen (secondary N) is 1. The van der Waals surface area contributed by atoms with Gasteiger partial charge in [0.25, 0.3) is 5.91 Å². The van der Waals surface area contributed by atoms with Crippen molar-refractivity contribution in [2.45, 2.75) is 44.8 Å². The predicted molar refractivity (Wildman–Crippen MR) is 103 cm³/mol. The number of thioether (sulfide) groups is 1. The Hall–Kier alpha value is -1.82. The third-order valence-corrected chi connectivity index (χ3v) is 5.92. The fraction of sp³-hybridized carbons (Fsp3) is 0.526. The maximum absolute atomic E-state index is 12.8. The molecule has 1 aromatic rings. The number of amidine groups is 1. The highest BCUT2D eigenvalue weighted by Gasteiger charge is 2.33. The molecule has 25 heavy (non-hydrogen) atoms. The molecule has 2 heterocycles. The largest absolute Gasteiger partial charge is 0.364 e. The van der Waals surface area contributed by atoms with E-state index >= 15 is 0 Å². The van der Waals surface area contributed by atoms with Gasteiger partial charge in [-0.05, 0) is 30.4 Å². The number of nitrogens with zero attached hydrogens (tertiary/aromatic N) is 2. The maximum Gasteiger partial charge on any atom is 0.262 e. The molecule has 0 spiro atoms. The summed E-state index contributed by atoms with van der Waals surface area (Å²) < 4.78 is 0. The number of anilines is 1. The van der Waals surface area contributed by atoms with Crippen LogP contribution in [0.3, 0.4) is 0 Å². The van der Waals surface area contributed by atoms with Crippen molar-refractivity contribution in [1.82, 2.24) is 5.32 Å². The third kappa shape index (κ3) is 4.24. The summed E-state index contributed by atoms with van der Waals surface area (Å²) in [6, 6.07) is 8.03. The van der Waals surface area contributed by atoms with Crippen LogP contribution in [-0.2, 0) is 16.0 Å². The van der Waals surface area contributed by atoms with E-state index in [1.807, 2.05) is 23.1 Å². The Bertz CT molecular complexity index is 689. The van der Waals surface area contributed by atoms with Crippen molar-refractivity contribution in [1.29, 1.82) is 0 Å². The second-order valence-electron chi connectivity index (χ2n) is 6.74. The molecule has 0 aromatic heterocycles. The van der Waals surface area contributed by atoms with Crippen LogP contribution in [0.4, 0.5) is 5.69 Å². The molecule has 2 unspecified atom stereocenters. The number of aliphatic imine (C=N–C) groups is 1. The van der Waals surface area contributed by atoms with Gasteiger partial charge in [0.15, 0.2) is 5.17 Å². The van der Waals surface area contributed by atoms with E-state index in [0.29, 0.717) is 11.1 Å². The molecule has 0 saturated carbocycles. The first kappa shape index (κ1) is 18.0. The predicted octanol–water partition coefficient (Wildman–Crippen LogP) is 2.99. The van der Waals surface area contributed by atoms with Crippen molar-refractivity contribution >= 4 is 34.4 Å². The molecule has 2 aliphatic heterocycles. The fourth-order valence-corrected chi connectivity index (χ4v) is 4.02. The first-order valence-corrected chi connectivity index (χ1v) is 9.87. The smallest absolute Gasteiger partial charge is 0.262 e. The van der Waals surface area contributed by atoms with Crippen LogP contribution in [0, 0.1) is 5.92 Å². The minimum atomic E-state index is -0.402. The van der Waals surface area contributed by atoms with Crippen molar-refractivity contribution < 1.29 is 9.59 Å². The zero-order chi connectivity index (χ0) is 17.8. The third-order valence-electron chi connectivity index (χ3n) is 4.81. The van der Waals surface area contributed by atoms with E-state index in [-0.39, 0.29) is 18.2 Å². The highest BCUT2D eigenvalue weighted by Crippen LogP contribution is 2.30. The Morgan fingerprint density at radius 2 is 2.24 bits per heavy atom. The number of rotatable bonds is 5. The molecule has 1 N–H and O–H groups in total. The summed E-state index contributed by atoms with van der Waals surface area (Å²) in [6.07, 6.45) is 3.25. The molecule has 6 heteroatoms. The SMILES string of the molecule is CCC(C)CNC1=NC(=O)C(CC(=O)N2CCCc3ccccc32)S1. The van der Waals surface area contributed by atoms with E-state index in [0.717, 1.165) is 38.0 Å². The normalized spacial score (nSPS) is 20.9. The van der Waals surface area contributed by atoms with Crippen LogP contribution in [-0.4, -0.2) is 35.3 Å². The summed E-state index contributed by atoms with van der Waals surface area (Å²) >= 11 is 1.39. The average Bonchev–Trinajstić information content (AvgIpc) is 2.98. The van der Waals surface area contributed by atoms with Crippen LogP contribution in [0.2, 0.25) is 0 Å². The molecule has 0 bridgehead atoms. The zero-order valence-corrected chi connectivity index (χ0v) is 15.6. The van der Waals surface area contributed by atoms with Crippen LogP contribution in [0.15, 0.2) is 29.3 Å². The molecule has 5 nitrogen and oxygen atoms in total. The molecule has 134 valence electrons. The second-order valence-corrected chi connectivity index (χ2v) is 7.93. The lowest BCUT2D eigenvalue weighted by Crippen LogP contribution is -2.37. The Morgan fingerprint density at radius 3 is 3.04 bits per heavy atom. The minimum absolute atomic E-state index is 0.0105. The minimum Gasteiger partial charge on any atom is -0.364 e. The number of aryl methyl sites for hydroxylation is 1. The van der Waals surface area contributed by atoms with Gasteiger partial charge in [0, 0.05) is 25.2 Å². The van der Waals surface area contributed by atoms with Gasteiger partial charge in [-0.1, -0.05) is 50.2 Å². The van der Waals surface area contributed by atoms with Crippen LogP contribution < -0.4 is 10.2 Å². The molecular formula is C19H25N3O2S. The Morgan fingerprint density at radius 1 is 1.44 bits per heavy atom. The number of amides is 2. The van der Waals surface area contributed by atoms with Crippen LogP contribution >= 0.6 is 11.8 Å². The lowest BCUT2D eigenvalue weighted by atomic mass is 10.0. The Kier molecular flexibility index (Phi) is 5.78. The first-order valence-electron chi connectivity index (χ1n) is 8.99. The van der Waals surface area contributed by atoms with Gasteiger partial charge in [-0.15, -0.1) is 0 Å². The molecular weight excluding hydrogens is 334 g/mol. The van der Waals surface area contributed by atoms with Crippen molar-refractivity contribution in [3.05, 3.63) is 29.8 Å². The molecule has 3 rings (SSSR count). The van der Waals surface area contributed by atoms with Crippen molar-refractivity contribution in [2.75, 3.05) is 18.0 Å². The monoisotopic (exact) mass is 359 g/mol. The van der Waals surface area contributed by atoms with Gasteiger partial charge in [0.2, 0.25) is 5.91 Å². The molecule has 0 aliphatic carbocycles. The average molecular weight is 359 g/mol. The summed E-state index contributed by atoms with van der Waals surface area (Å²) in [5.41, 5.74) is 2.20. The Balaban J connectivity index is 1.59. The molecule has 0 fully saturated rings. The highest BCUT2D eigenvalue weighted by atomic mass is 32.2. The number of carbonyl (C=O) groups is 2. The quantitative estimate of drug-likeness (QED) is 0.878. The molecule has 2 amide bonds. The summed E-state index contributed by atoms with van der Waals surface area (Å²) in [5, 5.41) is 3.48. The van der Waals surface area contributed by atoms with Gasteiger partial charge < -0.3 is 10.2 Å². The Labute approximate surface area is 153 Å². The molecule has 2 aliphatic rings. The number of hydrogen-bond acceptors (Lipinski definition) is 4. The standard InChI is InChI=1S/C19H25N3O2S/c1-3-13(2)12-20-19-21-18(24)16(25-19)11-17(23)22-10-6-8-14-7-4-5-9-15(14)22/h4-5,7,9,13,16H,3,6,8,10-12H2,1-2H3,(H,20,21,24). The summed E-state index contributed by atoms with van der Waals surface area (Å²) in [7, 11) is 0. The maximum atomic E-state index is 12.8. The van der Waals surface area contributed by atoms with Crippen LogP contribution in [0.5, 0.6) is 0 Å². The zero-order valence-electron chi connectivity index (χ0n) is 14.8. The molecule has 1 aromatic carbocycles. The van der Waals surface area contributed by atoms with Gasteiger partial charge in [-0.2, -0.15) is 4.99 Å². The fourth-order valence-electron chi connectivity index (χ4n) is 3.06. The van der Waals surface area contributed by atoms with E-state index in [1.54, 1.807) is 0 Å². The second kappa shape index (κ2) is 8.04. The van der Waals surface area contributed by atoms with Crippen molar-refractivity contribution in [2.24, 2.45) is 10.9 Å². The van der Waals surface area contributed by atoms with Crippen molar-refractivity contribution in [3.63, 3.8) is 0 Å². The van der Waals surface area contributed by atoms with Gasteiger partial charge in [-0.25, -0.2) is 0 Å². The molecule has 0 saturated heterocycles. The summed E-state index contributed by atoms with van der Waals surface area (Å²) in [4.78, 5) is 30.8. The summed E-state index contributed by atoms with van der Waals surface area (Å²) in [6.45, 7) is 5.82. The van der Waals surface area contributed by atoms with E-state index in [9.17, 15) is 9.59 Å². The van der Waals surface area contributed by atoms with Gasteiger partial charge >= 0.3 is 0 Å². The first-order chi connectivity index (χ1) is 12.1. The van der Waals surface area contributed by atoms with Crippen LogP contribution in [0.25, 0.3) is 0 Å². The van der Waals surface area contributed by atoms with E-state index in [4.69, 9.17) is 0 Å². The molecule has 2 atom stereocenters. The van der Waals surface area contributed by atoms with Gasteiger partial charge in [-0.3, -0.25) is 9.59 Å². The lowest BCUT2D eigenvalue weighted by molar-refractivity contribution is -0.122. The van der Waals surface area contributed by atoms with Crippen LogP contribution in [0.1, 0.15) is 38.7 Å². The molecule has 0 radical (unpaired) electrons. The number of benzene rings is 1. The van der Waals surface area contributed by atoms with Gasteiger partial charge in [0.05, 0.1) is 0 Å². The number of hydrogen-bond donors (Lipinski definition) is 1. The topological polar surface area (TPSA) is 61.8 Å². The van der Waals surface area contributed by atoms with Gasteiger partial charge in [0.1, 0.15) is 5.25 Å². The van der Waals surface area contributed by atoms with E-state index < -0.39 is 5.25 Å². The summed E-state index contributed by atoms with van der Waals surface area (Å²) in [5.74, 6) is 0.343. The number of fused-ring (bicyclic) bond motifs is 1. The number of carbonyl (C=O) groups excluding carboxylic acids is 2. The number of para-hydroxylation sites is 1. The highest BCUT2D eigenvalue weighted by molar-refractivity contribution is 8.15. The lowest BCUT2D eigenvalue weighted by Gasteiger charge is -2.30.